The van der Waals surface area contributed by atoms with E-state index in [-0.39, 0.29) is 6.04 Å². The topological polar surface area (TPSA) is 40.5 Å². The summed E-state index contributed by atoms with van der Waals surface area (Å²) in [6.45, 7) is 1.68. The van der Waals surface area contributed by atoms with E-state index in [2.05, 4.69) is 29.2 Å². The smallest absolute Gasteiger partial charge is 0.320 e. The highest BCUT2D eigenvalue weighted by Gasteiger charge is 2.30. The van der Waals surface area contributed by atoms with Gasteiger partial charge in [0.25, 0.3) is 0 Å². The summed E-state index contributed by atoms with van der Waals surface area (Å²) in [5, 5.41) is 9.17. The van der Waals surface area contributed by atoms with E-state index in [0.717, 1.165) is 31.8 Å². The quantitative estimate of drug-likeness (QED) is 0.886. The maximum Gasteiger partial charge on any atom is 0.320 e. The first-order valence-corrected chi connectivity index (χ1v) is 6.80. The summed E-state index contributed by atoms with van der Waals surface area (Å²) in [5.41, 5.74) is 2.69. The van der Waals surface area contributed by atoms with Crippen molar-refractivity contribution in [2.75, 3.05) is 6.54 Å². The molecule has 3 nitrogen and oxygen atoms in total. The van der Waals surface area contributed by atoms with Crippen molar-refractivity contribution in [1.82, 2.24) is 4.90 Å². The molecule has 1 saturated heterocycles. The van der Waals surface area contributed by atoms with Crippen molar-refractivity contribution in [1.29, 1.82) is 0 Å². The third kappa shape index (κ3) is 2.41. The molecule has 0 aromatic heterocycles. The molecule has 2 fully saturated rings. The van der Waals surface area contributed by atoms with Gasteiger partial charge < -0.3 is 5.11 Å². The Balaban J connectivity index is 1.71. The van der Waals surface area contributed by atoms with E-state index in [1.807, 2.05) is 0 Å². The highest BCUT2D eigenvalue weighted by molar-refractivity contribution is 5.73. The van der Waals surface area contributed by atoms with Gasteiger partial charge in [-0.15, -0.1) is 0 Å². The van der Waals surface area contributed by atoms with Crippen molar-refractivity contribution in [2.24, 2.45) is 0 Å². The highest BCUT2D eigenvalue weighted by atomic mass is 16.4. The zero-order valence-corrected chi connectivity index (χ0v) is 10.5. The van der Waals surface area contributed by atoms with E-state index in [0.29, 0.717) is 0 Å². The van der Waals surface area contributed by atoms with Crippen LogP contribution in [0.15, 0.2) is 24.3 Å². The van der Waals surface area contributed by atoms with Crippen LogP contribution < -0.4 is 0 Å². The van der Waals surface area contributed by atoms with Crippen molar-refractivity contribution in [3.8, 4) is 0 Å². The van der Waals surface area contributed by atoms with Crippen molar-refractivity contribution in [3.63, 3.8) is 0 Å². The second kappa shape index (κ2) is 4.73. The summed E-state index contributed by atoms with van der Waals surface area (Å²) < 4.78 is 0. The summed E-state index contributed by atoms with van der Waals surface area (Å²) in [7, 11) is 0. The Bertz CT molecular complexity index is 454. The molecule has 1 heterocycles. The Kier molecular flexibility index (Phi) is 3.08. The zero-order valence-electron chi connectivity index (χ0n) is 10.5. The summed E-state index contributed by atoms with van der Waals surface area (Å²) >= 11 is 0. The van der Waals surface area contributed by atoms with E-state index in [4.69, 9.17) is 0 Å². The van der Waals surface area contributed by atoms with Gasteiger partial charge >= 0.3 is 5.97 Å². The molecule has 96 valence electrons. The maximum atomic E-state index is 11.1. The number of likely N-dealkylation sites (tertiary alicyclic amines) is 1. The van der Waals surface area contributed by atoms with Gasteiger partial charge in [0, 0.05) is 6.54 Å². The lowest BCUT2D eigenvalue weighted by atomic mass is 10.1. The molecule has 1 unspecified atom stereocenters. The van der Waals surface area contributed by atoms with Crippen molar-refractivity contribution >= 4 is 5.97 Å². The molecular formula is C15H19NO2. The monoisotopic (exact) mass is 245 g/mol. The van der Waals surface area contributed by atoms with Gasteiger partial charge in [-0.3, -0.25) is 9.69 Å². The SMILES string of the molecule is O=C(O)C1CCCN1Cc1cccc(C2CC2)c1. The predicted octanol–water partition coefficient (Wildman–Crippen LogP) is 2.61. The molecule has 0 bridgehead atoms. The molecule has 1 N–H and O–H groups in total. The van der Waals surface area contributed by atoms with Gasteiger partial charge in [-0.05, 0) is 49.3 Å². The third-order valence-corrected chi connectivity index (χ3v) is 4.03. The molecule has 1 aromatic rings. The van der Waals surface area contributed by atoms with Crippen LogP contribution in [0.3, 0.4) is 0 Å². The molecule has 1 saturated carbocycles. The average Bonchev–Trinajstić information content (AvgIpc) is 3.10. The van der Waals surface area contributed by atoms with Crippen molar-refractivity contribution < 1.29 is 9.90 Å². The fourth-order valence-corrected chi connectivity index (χ4v) is 2.89. The van der Waals surface area contributed by atoms with E-state index in [1.54, 1.807) is 0 Å². The van der Waals surface area contributed by atoms with E-state index in [9.17, 15) is 9.90 Å². The molecule has 2 aliphatic rings. The van der Waals surface area contributed by atoms with Crippen LogP contribution in [0.4, 0.5) is 0 Å². The van der Waals surface area contributed by atoms with Gasteiger partial charge in [-0.2, -0.15) is 0 Å². The number of carbonyl (C=O) groups is 1. The number of rotatable bonds is 4. The first kappa shape index (κ1) is 11.7. The van der Waals surface area contributed by atoms with E-state index in [1.165, 1.54) is 24.0 Å². The summed E-state index contributed by atoms with van der Waals surface area (Å²) in [5.74, 6) is 0.0876. The van der Waals surface area contributed by atoms with Gasteiger partial charge in [-0.25, -0.2) is 0 Å². The summed E-state index contributed by atoms with van der Waals surface area (Å²) in [6.07, 6.45) is 4.41. The first-order chi connectivity index (χ1) is 8.74. The second-order valence-electron chi connectivity index (χ2n) is 5.49. The highest BCUT2D eigenvalue weighted by Crippen LogP contribution is 2.40. The lowest BCUT2D eigenvalue weighted by Crippen LogP contribution is -2.35. The van der Waals surface area contributed by atoms with Crippen LogP contribution in [0.25, 0.3) is 0 Å². The molecule has 1 aromatic carbocycles. The normalized spacial score (nSPS) is 24.3. The van der Waals surface area contributed by atoms with Gasteiger partial charge in [-0.1, -0.05) is 24.3 Å². The molecule has 1 aliphatic heterocycles. The summed E-state index contributed by atoms with van der Waals surface area (Å²) in [6, 6.07) is 8.39. The van der Waals surface area contributed by atoms with Gasteiger partial charge in [0.2, 0.25) is 0 Å². The van der Waals surface area contributed by atoms with E-state index >= 15 is 0 Å². The Morgan fingerprint density at radius 1 is 1.33 bits per heavy atom. The Morgan fingerprint density at radius 3 is 2.89 bits per heavy atom. The molecule has 3 rings (SSSR count). The van der Waals surface area contributed by atoms with Gasteiger partial charge in [0.15, 0.2) is 0 Å². The predicted molar refractivity (Wildman–Crippen MR) is 69.5 cm³/mol. The average molecular weight is 245 g/mol. The van der Waals surface area contributed by atoms with Crippen molar-refractivity contribution in [3.05, 3.63) is 35.4 Å². The van der Waals surface area contributed by atoms with Crippen LogP contribution in [-0.4, -0.2) is 28.6 Å². The zero-order chi connectivity index (χ0) is 12.5. The van der Waals surface area contributed by atoms with Crippen LogP contribution >= 0.6 is 0 Å². The number of hydrogen-bond donors (Lipinski definition) is 1. The van der Waals surface area contributed by atoms with Crippen LogP contribution in [0, 0.1) is 0 Å². The van der Waals surface area contributed by atoms with E-state index < -0.39 is 5.97 Å². The fraction of sp³-hybridized carbons (Fsp3) is 0.533. The van der Waals surface area contributed by atoms with Crippen LogP contribution in [0.5, 0.6) is 0 Å². The molecule has 1 atom stereocenters. The minimum atomic E-state index is -0.675. The Hall–Kier alpha value is -1.35. The standard InChI is InChI=1S/C15H19NO2/c17-15(18)14-5-2-8-16(14)10-11-3-1-4-13(9-11)12-6-7-12/h1,3-4,9,12,14H,2,5-8,10H2,(H,17,18). The number of benzene rings is 1. The number of aliphatic carboxylic acids is 1. The molecule has 3 heteroatoms. The lowest BCUT2D eigenvalue weighted by molar-refractivity contribution is -0.142. The number of carboxylic acid groups (broad SMARTS) is 1. The Labute approximate surface area is 107 Å². The van der Waals surface area contributed by atoms with Crippen LogP contribution in [0.2, 0.25) is 0 Å². The minimum Gasteiger partial charge on any atom is -0.480 e. The molecule has 0 amide bonds. The lowest BCUT2D eigenvalue weighted by Gasteiger charge is -2.21. The first-order valence-electron chi connectivity index (χ1n) is 6.80. The van der Waals surface area contributed by atoms with Gasteiger partial charge in [0.05, 0.1) is 0 Å². The number of carboxylic acids is 1. The van der Waals surface area contributed by atoms with Gasteiger partial charge in [0.1, 0.15) is 6.04 Å². The molecule has 18 heavy (non-hydrogen) atoms. The summed E-state index contributed by atoms with van der Waals surface area (Å²) in [4.78, 5) is 13.2. The second-order valence-corrected chi connectivity index (χ2v) is 5.49. The largest absolute Gasteiger partial charge is 0.480 e. The fourth-order valence-electron chi connectivity index (χ4n) is 2.89. The molecule has 1 aliphatic carbocycles. The van der Waals surface area contributed by atoms with Crippen LogP contribution in [-0.2, 0) is 11.3 Å². The molecular weight excluding hydrogens is 226 g/mol. The van der Waals surface area contributed by atoms with Crippen molar-refractivity contribution in [2.45, 2.75) is 44.2 Å². The third-order valence-electron chi connectivity index (χ3n) is 4.03. The molecule has 0 spiro atoms. The maximum absolute atomic E-state index is 11.1. The minimum absolute atomic E-state index is 0.283. The molecule has 0 radical (unpaired) electrons. The Morgan fingerprint density at radius 2 is 2.17 bits per heavy atom. The number of hydrogen-bond acceptors (Lipinski definition) is 2. The van der Waals surface area contributed by atoms with Crippen LogP contribution in [0.1, 0.15) is 42.7 Å². The number of nitrogens with zero attached hydrogens (tertiary/aromatic N) is 1.